The van der Waals surface area contributed by atoms with Crippen LogP contribution in [0, 0.1) is 0 Å². The van der Waals surface area contributed by atoms with E-state index in [4.69, 9.17) is 0 Å². The van der Waals surface area contributed by atoms with Gasteiger partial charge in [-0.3, -0.25) is 0 Å². The molecule has 0 radical (unpaired) electrons. The largest absolute Gasteiger partial charge is 0.495 e. The number of aromatic nitrogens is 3. The number of nitrogens with one attached hydrogen (secondary N) is 1. The van der Waals surface area contributed by atoms with E-state index in [-0.39, 0.29) is 5.88 Å². The van der Waals surface area contributed by atoms with Gasteiger partial charge < -0.3 is 10.1 Å². The normalized spacial score (nSPS) is 11.4. The summed E-state index contributed by atoms with van der Waals surface area (Å²) >= 11 is 1.53. The topological polar surface area (TPSA) is 61.8 Å². The minimum Gasteiger partial charge on any atom is -0.495 e. The number of pyridine rings is 1. The fourth-order valence-corrected chi connectivity index (χ4v) is 2.15. The highest BCUT2D eigenvalue weighted by Crippen LogP contribution is 2.28. The van der Waals surface area contributed by atoms with Gasteiger partial charge in [-0.15, -0.1) is 11.3 Å². The molecule has 0 spiro atoms. The first-order valence-corrected chi connectivity index (χ1v) is 4.62. The molecule has 13 heavy (non-hydrogen) atoms. The van der Waals surface area contributed by atoms with E-state index in [2.05, 4.69) is 15.0 Å². The number of hydrogen-bond acceptors (Lipinski definition) is 4. The third-order valence-electron chi connectivity index (χ3n) is 1.94. The lowest BCUT2D eigenvalue weighted by molar-refractivity contribution is 0.458. The first-order valence-electron chi connectivity index (χ1n) is 3.74. The summed E-state index contributed by atoms with van der Waals surface area (Å²) in [5.41, 5.74) is 3.33. The smallest absolute Gasteiger partial charge is 0.189 e. The van der Waals surface area contributed by atoms with Crippen LogP contribution in [0.15, 0.2) is 17.8 Å². The van der Waals surface area contributed by atoms with E-state index < -0.39 is 0 Å². The van der Waals surface area contributed by atoms with Gasteiger partial charge in [0, 0.05) is 11.5 Å². The van der Waals surface area contributed by atoms with Crippen LogP contribution in [0.3, 0.4) is 0 Å². The first kappa shape index (κ1) is 6.85. The Morgan fingerprint density at radius 1 is 1.38 bits per heavy atom. The number of thiazole rings is 1. The molecule has 64 valence electrons. The van der Waals surface area contributed by atoms with Crippen LogP contribution in [-0.4, -0.2) is 20.1 Å². The Labute approximate surface area is 76.9 Å². The second kappa shape index (κ2) is 2.20. The predicted octanol–water partition coefficient (Wildman–Crippen LogP) is 1.88. The van der Waals surface area contributed by atoms with Crippen molar-refractivity contribution in [1.29, 1.82) is 0 Å². The SMILES string of the molecule is Oc1cc2c(cnc3ncsc32)[nH]1. The molecule has 3 heterocycles. The lowest BCUT2D eigenvalue weighted by atomic mass is 10.3. The molecule has 0 amide bonds. The molecular formula is C8H5N3OS. The molecule has 0 saturated carbocycles. The summed E-state index contributed by atoms with van der Waals surface area (Å²) in [6.07, 6.45) is 1.68. The molecule has 0 aliphatic heterocycles. The lowest BCUT2D eigenvalue weighted by Gasteiger charge is -1.88. The van der Waals surface area contributed by atoms with Crippen molar-refractivity contribution in [2.24, 2.45) is 0 Å². The standard InChI is InChI=1S/C8H5N3OS/c12-6-1-4-5(11-6)2-9-8-7(4)13-3-10-8/h1-3,11-12H. The van der Waals surface area contributed by atoms with Crippen LogP contribution in [0.2, 0.25) is 0 Å². The molecule has 0 unspecified atom stereocenters. The molecule has 4 nitrogen and oxygen atoms in total. The van der Waals surface area contributed by atoms with Crippen molar-refractivity contribution < 1.29 is 5.11 Å². The molecule has 0 atom stereocenters. The van der Waals surface area contributed by atoms with Crippen LogP contribution in [0.4, 0.5) is 0 Å². The van der Waals surface area contributed by atoms with E-state index in [1.54, 1.807) is 17.8 Å². The average Bonchev–Trinajstić information content (AvgIpc) is 2.65. The van der Waals surface area contributed by atoms with Crippen molar-refractivity contribution in [1.82, 2.24) is 15.0 Å². The highest BCUT2D eigenvalue weighted by atomic mass is 32.1. The Morgan fingerprint density at radius 2 is 2.31 bits per heavy atom. The Morgan fingerprint density at radius 3 is 3.23 bits per heavy atom. The van der Waals surface area contributed by atoms with Crippen LogP contribution in [-0.2, 0) is 0 Å². The van der Waals surface area contributed by atoms with Crippen molar-refractivity contribution >= 4 is 32.6 Å². The predicted molar refractivity (Wildman–Crippen MR) is 50.9 cm³/mol. The summed E-state index contributed by atoms with van der Waals surface area (Å²) in [6, 6.07) is 1.69. The van der Waals surface area contributed by atoms with E-state index >= 15 is 0 Å². The summed E-state index contributed by atoms with van der Waals surface area (Å²) < 4.78 is 1.01. The number of aromatic amines is 1. The zero-order valence-corrected chi connectivity index (χ0v) is 7.30. The average molecular weight is 191 g/mol. The van der Waals surface area contributed by atoms with Crippen molar-refractivity contribution in [2.75, 3.05) is 0 Å². The second-order valence-corrected chi connectivity index (χ2v) is 3.60. The van der Waals surface area contributed by atoms with Gasteiger partial charge in [0.1, 0.15) is 0 Å². The first-order chi connectivity index (χ1) is 6.34. The molecule has 3 aromatic rings. The minimum absolute atomic E-state index is 0.165. The number of aromatic hydroxyl groups is 1. The van der Waals surface area contributed by atoms with Gasteiger partial charge in [0.05, 0.1) is 21.9 Å². The van der Waals surface area contributed by atoms with E-state index in [0.29, 0.717) is 0 Å². The van der Waals surface area contributed by atoms with E-state index in [0.717, 1.165) is 21.3 Å². The third kappa shape index (κ3) is 0.844. The van der Waals surface area contributed by atoms with Gasteiger partial charge in [-0.05, 0) is 0 Å². The fraction of sp³-hybridized carbons (Fsp3) is 0. The van der Waals surface area contributed by atoms with Gasteiger partial charge in [-0.1, -0.05) is 0 Å². The molecule has 3 aromatic heterocycles. The summed E-state index contributed by atoms with van der Waals surface area (Å²) in [7, 11) is 0. The van der Waals surface area contributed by atoms with Gasteiger partial charge >= 0.3 is 0 Å². The van der Waals surface area contributed by atoms with Gasteiger partial charge in [-0.2, -0.15) is 0 Å². The molecule has 2 N–H and O–H groups in total. The Kier molecular flexibility index (Phi) is 1.16. The maximum Gasteiger partial charge on any atom is 0.189 e. The summed E-state index contributed by atoms with van der Waals surface area (Å²) in [4.78, 5) is 11.0. The zero-order chi connectivity index (χ0) is 8.84. The highest BCUT2D eigenvalue weighted by molar-refractivity contribution is 7.17. The number of fused-ring (bicyclic) bond motifs is 3. The quantitative estimate of drug-likeness (QED) is 0.570. The van der Waals surface area contributed by atoms with Gasteiger partial charge in [0.25, 0.3) is 0 Å². The maximum atomic E-state index is 9.25. The van der Waals surface area contributed by atoms with Crippen molar-refractivity contribution in [3.05, 3.63) is 17.8 Å². The van der Waals surface area contributed by atoms with Crippen LogP contribution in [0.25, 0.3) is 21.3 Å². The molecule has 0 fully saturated rings. The molecule has 0 aliphatic carbocycles. The monoisotopic (exact) mass is 191 g/mol. The van der Waals surface area contributed by atoms with Crippen LogP contribution in [0.1, 0.15) is 0 Å². The van der Waals surface area contributed by atoms with Crippen LogP contribution < -0.4 is 0 Å². The summed E-state index contributed by atoms with van der Waals surface area (Å²) in [5.74, 6) is 0.165. The maximum absolute atomic E-state index is 9.25. The second-order valence-electron chi connectivity index (χ2n) is 2.75. The van der Waals surface area contributed by atoms with Gasteiger partial charge in [-0.25, -0.2) is 9.97 Å². The fourth-order valence-electron chi connectivity index (χ4n) is 1.39. The molecule has 0 aliphatic rings. The molecule has 3 rings (SSSR count). The van der Waals surface area contributed by atoms with Gasteiger partial charge in [0.2, 0.25) is 0 Å². The Hall–Kier alpha value is -1.62. The van der Waals surface area contributed by atoms with Crippen molar-refractivity contribution in [3.8, 4) is 5.88 Å². The summed E-state index contributed by atoms with van der Waals surface area (Å²) in [5, 5.41) is 10.2. The third-order valence-corrected chi connectivity index (χ3v) is 2.79. The van der Waals surface area contributed by atoms with E-state index in [1.807, 2.05) is 0 Å². The van der Waals surface area contributed by atoms with Crippen molar-refractivity contribution in [3.63, 3.8) is 0 Å². The van der Waals surface area contributed by atoms with Gasteiger partial charge in [0.15, 0.2) is 11.5 Å². The number of H-pyrrole nitrogens is 1. The molecule has 0 bridgehead atoms. The van der Waals surface area contributed by atoms with Crippen molar-refractivity contribution in [2.45, 2.75) is 0 Å². The highest BCUT2D eigenvalue weighted by Gasteiger charge is 2.06. The zero-order valence-electron chi connectivity index (χ0n) is 6.48. The molecule has 0 saturated heterocycles. The minimum atomic E-state index is 0.165. The number of nitrogens with zero attached hydrogens (tertiary/aromatic N) is 2. The number of rotatable bonds is 0. The molecular weight excluding hydrogens is 186 g/mol. The number of hydrogen-bond donors (Lipinski definition) is 2. The molecule has 0 aromatic carbocycles. The lowest BCUT2D eigenvalue weighted by Crippen LogP contribution is -1.75. The van der Waals surface area contributed by atoms with E-state index in [9.17, 15) is 5.11 Å². The Bertz CT molecular complexity index is 583. The Balaban J connectivity index is 2.64. The van der Waals surface area contributed by atoms with E-state index in [1.165, 1.54) is 11.3 Å². The molecule has 5 heteroatoms. The van der Waals surface area contributed by atoms with Crippen LogP contribution in [0.5, 0.6) is 5.88 Å². The van der Waals surface area contributed by atoms with Crippen LogP contribution >= 0.6 is 11.3 Å². The summed E-state index contributed by atoms with van der Waals surface area (Å²) in [6.45, 7) is 0.